The van der Waals surface area contributed by atoms with Gasteiger partial charge in [0.1, 0.15) is 0 Å². The van der Waals surface area contributed by atoms with Gasteiger partial charge in [-0.25, -0.2) is 0 Å². The predicted molar refractivity (Wildman–Crippen MR) is 103 cm³/mol. The summed E-state index contributed by atoms with van der Waals surface area (Å²) in [6.07, 6.45) is 18.7. The molecular formula is C21H43NO. The third-order valence-corrected chi connectivity index (χ3v) is 4.99. The molecule has 0 fully saturated rings. The topological polar surface area (TPSA) is 20.3 Å². The van der Waals surface area contributed by atoms with E-state index in [9.17, 15) is 4.79 Å². The lowest BCUT2D eigenvalue weighted by Crippen LogP contribution is -2.42. The molecule has 0 rings (SSSR count). The SMILES string of the molecule is CCCCCCC(CCC)N(C=O)C(CCC)CCCCCC. The molecule has 138 valence electrons. The minimum absolute atomic E-state index is 0.470. The van der Waals surface area contributed by atoms with E-state index in [4.69, 9.17) is 0 Å². The highest BCUT2D eigenvalue weighted by Gasteiger charge is 2.23. The molecule has 0 saturated carbocycles. The van der Waals surface area contributed by atoms with E-state index in [0.29, 0.717) is 12.1 Å². The number of hydrogen-bond acceptors (Lipinski definition) is 1. The number of amides is 1. The second-order valence-electron chi connectivity index (χ2n) is 7.14. The molecule has 0 aliphatic carbocycles. The van der Waals surface area contributed by atoms with Gasteiger partial charge >= 0.3 is 0 Å². The Morgan fingerprint density at radius 2 is 1.04 bits per heavy atom. The van der Waals surface area contributed by atoms with Crippen LogP contribution in [-0.4, -0.2) is 23.4 Å². The monoisotopic (exact) mass is 325 g/mol. The number of carbonyl (C=O) groups excluding carboxylic acids is 1. The third kappa shape index (κ3) is 10.8. The van der Waals surface area contributed by atoms with Crippen LogP contribution in [0.2, 0.25) is 0 Å². The van der Waals surface area contributed by atoms with Gasteiger partial charge in [-0.2, -0.15) is 0 Å². The number of nitrogens with zero attached hydrogens (tertiary/aromatic N) is 1. The van der Waals surface area contributed by atoms with E-state index >= 15 is 0 Å². The van der Waals surface area contributed by atoms with E-state index in [-0.39, 0.29) is 0 Å². The van der Waals surface area contributed by atoms with Gasteiger partial charge in [0.05, 0.1) is 0 Å². The summed E-state index contributed by atoms with van der Waals surface area (Å²) in [6.45, 7) is 9.01. The fourth-order valence-electron chi connectivity index (χ4n) is 3.64. The Labute approximate surface area is 146 Å². The van der Waals surface area contributed by atoms with E-state index in [2.05, 4.69) is 32.6 Å². The van der Waals surface area contributed by atoms with Crippen LogP contribution >= 0.6 is 0 Å². The number of carbonyl (C=O) groups is 1. The van der Waals surface area contributed by atoms with Crippen LogP contribution in [0.25, 0.3) is 0 Å². The Bertz CT molecular complexity index is 232. The first-order valence-corrected chi connectivity index (χ1v) is 10.5. The Morgan fingerprint density at radius 1 is 0.609 bits per heavy atom. The highest BCUT2D eigenvalue weighted by molar-refractivity contribution is 5.48. The fraction of sp³-hybridized carbons (Fsp3) is 0.952. The van der Waals surface area contributed by atoms with Gasteiger partial charge in [0.25, 0.3) is 0 Å². The van der Waals surface area contributed by atoms with Gasteiger partial charge < -0.3 is 4.90 Å². The molecule has 0 spiro atoms. The van der Waals surface area contributed by atoms with Crippen molar-refractivity contribution in [3.63, 3.8) is 0 Å². The molecule has 2 heteroatoms. The minimum atomic E-state index is 0.470. The Balaban J connectivity index is 4.60. The standard InChI is InChI=1S/C21H43NO/c1-5-9-11-13-17-20(15-7-3)22(19-23)21(16-8-4)18-14-12-10-6-2/h19-21H,5-18H2,1-4H3. The number of rotatable bonds is 17. The van der Waals surface area contributed by atoms with Gasteiger partial charge in [0.15, 0.2) is 0 Å². The molecule has 0 radical (unpaired) electrons. The first kappa shape index (κ1) is 22.5. The first-order valence-electron chi connectivity index (χ1n) is 10.5. The second kappa shape index (κ2) is 16.3. The Kier molecular flexibility index (Phi) is 16.0. The summed E-state index contributed by atoms with van der Waals surface area (Å²) in [4.78, 5) is 14.1. The van der Waals surface area contributed by atoms with Crippen molar-refractivity contribution in [3.05, 3.63) is 0 Å². The number of hydrogen-bond donors (Lipinski definition) is 0. The first-order chi connectivity index (χ1) is 11.2. The van der Waals surface area contributed by atoms with Crippen molar-refractivity contribution >= 4 is 6.41 Å². The molecule has 0 N–H and O–H groups in total. The molecule has 1 amide bonds. The molecule has 0 aromatic heterocycles. The van der Waals surface area contributed by atoms with Crippen LogP contribution in [0.1, 0.15) is 118 Å². The average Bonchev–Trinajstić information content (AvgIpc) is 2.56. The lowest BCUT2D eigenvalue weighted by atomic mass is 9.96. The highest BCUT2D eigenvalue weighted by Crippen LogP contribution is 2.22. The van der Waals surface area contributed by atoms with Crippen LogP contribution in [0.4, 0.5) is 0 Å². The minimum Gasteiger partial charge on any atom is -0.339 e. The molecule has 2 unspecified atom stereocenters. The summed E-state index contributed by atoms with van der Waals surface area (Å²) < 4.78 is 0. The van der Waals surface area contributed by atoms with Crippen LogP contribution in [0, 0.1) is 0 Å². The summed E-state index contributed by atoms with van der Waals surface area (Å²) in [7, 11) is 0. The summed E-state index contributed by atoms with van der Waals surface area (Å²) in [6, 6.07) is 0.939. The molecule has 0 aliphatic heterocycles. The van der Waals surface area contributed by atoms with Crippen LogP contribution in [0.3, 0.4) is 0 Å². The van der Waals surface area contributed by atoms with Crippen molar-refractivity contribution in [2.24, 2.45) is 0 Å². The zero-order chi connectivity index (χ0) is 17.3. The van der Waals surface area contributed by atoms with Crippen molar-refractivity contribution in [2.45, 2.75) is 130 Å². The molecule has 2 nitrogen and oxygen atoms in total. The smallest absolute Gasteiger partial charge is 0.210 e. The Hall–Kier alpha value is -0.530. The number of unbranched alkanes of at least 4 members (excludes halogenated alkanes) is 6. The van der Waals surface area contributed by atoms with E-state index in [0.717, 1.165) is 0 Å². The van der Waals surface area contributed by atoms with Gasteiger partial charge in [-0.05, 0) is 25.7 Å². The summed E-state index contributed by atoms with van der Waals surface area (Å²) in [5.41, 5.74) is 0. The second-order valence-corrected chi connectivity index (χ2v) is 7.14. The summed E-state index contributed by atoms with van der Waals surface area (Å²) >= 11 is 0. The van der Waals surface area contributed by atoms with E-state index in [1.807, 2.05) is 0 Å². The Morgan fingerprint density at radius 3 is 1.35 bits per heavy atom. The largest absolute Gasteiger partial charge is 0.339 e. The van der Waals surface area contributed by atoms with Crippen LogP contribution in [0.15, 0.2) is 0 Å². The molecule has 23 heavy (non-hydrogen) atoms. The van der Waals surface area contributed by atoms with Crippen LogP contribution in [0.5, 0.6) is 0 Å². The molecule has 0 saturated heterocycles. The van der Waals surface area contributed by atoms with Gasteiger partial charge in [0, 0.05) is 12.1 Å². The van der Waals surface area contributed by atoms with Gasteiger partial charge in [-0.15, -0.1) is 0 Å². The predicted octanol–water partition coefficient (Wildman–Crippen LogP) is 6.72. The average molecular weight is 326 g/mol. The van der Waals surface area contributed by atoms with Gasteiger partial charge in [0.2, 0.25) is 6.41 Å². The molecule has 0 heterocycles. The zero-order valence-corrected chi connectivity index (χ0v) is 16.5. The molecule has 2 atom stereocenters. The summed E-state index contributed by atoms with van der Waals surface area (Å²) in [5, 5.41) is 0. The fourth-order valence-corrected chi connectivity index (χ4v) is 3.64. The van der Waals surface area contributed by atoms with Gasteiger partial charge in [-0.3, -0.25) is 4.79 Å². The van der Waals surface area contributed by atoms with E-state index in [1.165, 1.54) is 96.3 Å². The van der Waals surface area contributed by atoms with Crippen molar-refractivity contribution in [1.29, 1.82) is 0 Å². The van der Waals surface area contributed by atoms with Crippen LogP contribution in [-0.2, 0) is 4.79 Å². The quantitative estimate of drug-likeness (QED) is 0.215. The van der Waals surface area contributed by atoms with E-state index < -0.39 is 0 Å². The maximum absolute atomic E-state index is 11.8. The lowest BCUT2D eigenvalue weighted by molar-refractivity contribution is -0.123. The molecule has 0 aromatic rings. The normalized spacial score (nSPS) is 13.7. The maximum Gasteiger partial charge on any atom is 0.210 e. The maximum atomic E-state index is 11.8. The van der Waals surface area contributed by atoms with Crippen LogP contribution < -0.4 is 0 Å². The third-order valence-electron chi connectivity index (χ3n) is 4.99. The van der Waals surface area contributed by atoms with Crippen molar-refractivity contribution in [3.8, 4) is 0 Å². The van der Waals surface area contributed by atoms with Gasteiger partial charge in [-0.1, -0.05) is 91.9 Å². The summed E-state index contributed by atoms with van der Waals surface area (Å²) in [5.74, 6) is 0. The van der Waals surface area contributed by atoms with Crippen molar-refractivity contribution < 1.29 is 4.79 Å². The molecule has 0 aromatic carbocycles. The van der Waals surface area contributed by atoms with Crippen molar-refractivity contribution in [2.75, 3.05) is 0 Å². The van der Waals surface area contributed by atoms with Crippen molar-refractivity contribution in [1.82, 2.24) is 4.90 Å². The highest BCUT2D eigenvalue weighted by atomic mass is 16.1. The lowest BCUT2D eigenvalue weighted by Gasteiger charge is -2.36. The van der Waals surface area contributed by atoms with E-state index in [1.54, 1.807) is 0 Å². The molecular weight excluding hydrogens is 282 g/mol. The molecule has 0 aliphatic rings. The molecule has 0 bridgehead atoms. The zero-order valence-electron chi connectivity index (χ0n) is 16.5.